The molecule has 4 N–H and O–H groups in total. The van der Waals surface area contributed by atoms with Crippen molar-refractivity contribution in [2.75, 3.05) is 34.0 Å². The number of esters is 2. The lowest BCUT2D eigenvalue weighted by atomic mass is 9.95. The van der Waals surface area contributed by atoms with Crippen molar-refractivity contribution in [3.05, 3.63) is 92.6 Å². The number of benzene rings is 3. The van der Waals surface area contributed by atoms with Gasteiger partial charge in [0.1, 0.15) is 13.2 Å². The van der Waals surface area contributed by atoms with Crippen LogP contribution in [0, 0.1) is 0 Å². The summed E-state index contributed by atoms with van der Waals surface area (Å²) in [4.78, 5) is 36.6. The van der Waals surface area contributed by atoms with Crippen LogP contribution >= 0.6 is 15.9 Å². The molecule has 3 aromatic rings. The molecule has 266 valence electrons. The molecule has 4 rings (SSSR count). The number of aliphatic hydroxyl groups is 1. The van der Waals surface area contributed by atoms with Crippen molar-refractivity contribution in [1.29, 1.82) is 0 Å². The number of urea groups is 1. The third-order valence-electron chi connectivity index (χ3n) is 7.21. The third-order valence-corrected chi connectivity index (χ3v) is 7.80. The van der Waals surface area contributed by atoms with Crippen molar-refractivity contribution in [3.63, 3.8) is 0 Å². The fourth-order valence-electron chi connectivity index (χ4n) is 4.88. The van der Waals surface area contributed by atoms with E-state index in [-0.39, 0.29) is 24.8 Å². The predicted octanol–water partition coefficient (Wildman–Crippen LogP) is 4.73. The van der Waals surface area contributed by atoms with E-state index in [1.54, 1.807) is 75.4 Å². The lowest BCUT2D eigenvalue weighted by molar-refractivity contribution is -0.136. The van der Waals surface area contributed by atoms with Gasteiger partial charge >= 0.3 is 18.0 Å². The molecular weight excluding hydrogens is 716 g/mol. The summed E-state index contributed by atoms with van der Waals surface area (Å²) in [6.07, 6.45) is 0.306. The summed E-state index contributed by atoms with van der Waals surface area (Å²) in [5, 5.41) is 20.0. The van der Waals surface area contributed by atoms with Crippen LogP contribution in [0.25, 0.3) is 0 Å². The first kappa shape index (κ1) is 37.5. The number of methoxy groups -OCH3 is 2. The van der Waals surface area contributed by atoms with E-state index in [0.717, 1.165) is 5.56 Å². The van der Waals surface area contributed by atoms with Gasteiger partial charge in [-0.25, -0.2) is 14.4 Å². The molecule has 0 unspecified atom stereocenters. The minimum absolute atomic E-state index is 0.187. The highest BCUT2D eigenvalue weighted by Crippen LogP contribution is 2.37. The van der Waals surface area contributed by atoms with Gasteiger partial charge in [-0.05, 0) is 89.8 Å². The topological polar surface area (TPSA) is 175 Å². The van der Waals surface area contributed by atoms with Crippen molar-refractivity contribution in [2.45, 2.75) is 39.6 Å². The van der Waals surface area contributed by atoms with E-state index in [1.807, 2.05) is 0 Å². The van der Waals surface area contributed by atoms with Gasteiger partial charge in [-0.1, -0.05) is 18.2 Å². The minimum atomic E-state index is -1.19. The number of aliphatic hydroxyl groups excluding tert-OH is 1. The smallest absolute Gasteiger partial charge is 0.338 e. The molecule has 0 saturated heterocycles. The SMILES string of the molecule is CCOC(=O)c1ccc(COc2c(Br)cc(/C=N/N[C@H](O)COc3ccc([C@H]4NC(=O)NC(C)=C4C(=O)OC)cc3OCC)cc2OC)cc1. The molecule has 1 aliphatic heterocycles. The Morgan fingerprint density at radius 2 is 1.74 bits per heavy atom. The Hall–Kier alpha value is -5.28. The van der Waals surface area contributed by atoms with E-state index in [4.69, 9.17) is 28.4 Å². The molecular formula is C35H39BrN4O10. The maximum atomic E-state index is 12.5. The second-order valence-electron chi connectivity index (χ2n) is 10.7. The average Bonchev–Trinajstić information content (AvgIpc) is 3.10. The molecule has 0 bridgehead atoms. The van der Waals surface area contributed by atoms with E-state index in [2.05, 4.69) is 37.1 Å². The van der Waals surface area contributed by atoms with Gasteiger partial charge in [0.15, 0.2) is 29.2 Å². The Morgan fingerprint density at radius 3 is 2.42 bits per heavy atom. The van der Waals surface area contributed by atoms with Crippen LogP contribution in [-0.2, 0) is 20.9 Å². The second kappa shape index (κ2) is 17.9. The minimum Gasteiger partial charge on any atom is -0.493 e. The molecule has 0 aromatic heterocycles. The number of hydrogen-bond acceptors (Lipinski definition) is 12. The van der Waals surface area contributed by atoms with Crippen molar-refractivity contribution < 1.29 is 47.9 Å². The van der Waals surface area contributed by atoms with Crippen LogP contribution in [0.5, 0.6) is 23.0 Å². The predicted molar refractivity (Wildman–Crippen MR) is 186 cm³/mol. The van der Waals surface area contributed by atoms with Gasteiger partial charge in [0.2, 0.25) is 0 Å². The maximum Gasteiger partial charge on any atom is 0.338 e. The van der Waals surface area contributed by atoms with Crippen LogP contribution in [0.4, 0.5) is 4.79 Å². The van der Waals surface area contributed by atoms with Gasteiger partial charge in [-0.15, -0.1) is 0 Å². The molecule has 0 saturated carbocycles. The highest BCUT2D eigenvalue weighted by molar-refractivity contribution is 9.10. The van der Waals surface area contributed by atoms with Crippen molar-refractivity contribution >= 4 is 40.1 Å². The number of allylic oxidation sites excluding steroid dienone is 1. The molecule has 14 nitrogen and oxygen atoms in total. The van der Waals surface area contributed by atoms with Crippen LogP contribution < -0.4 is 35.0 Å². The fourth-order valence-corrected chi connectivity index (χ4v) is 5.46. The number of nitrogens with one attached hydrogen (secondary N) is 3. The Kier molecular flexibility index (Phi) is 13.5. The molecule has 50 heavy (non-hydrogen) atoms. The molecule has 3 aromatic carbocycles. The van der Waals surface area contributed by atoms with Crippen molar-refractivity contribution in [2.24, 2.45) is 5.10 Å². The summed E-state index contributed by atoms with van der Waals surface area (Å²) >= 11 is 3.52. The van der Waals surface area contributed by atoms with Crippen molar-refractivity contribution in [1.82, 2.24) is 16.1 Å². The molecule has 0 spiro atoms. The number of nitrogens with zero attached hydrogens (tertiary/aromatic N) is 1. The zero-order valence-electron chi connectivity index (χ0n) is 28.2. The molecule has 1 heterocycles. The van der Waals surface area contributed by atoms with Gasteiger partial charge in [-0.2, -0.15) is 5.10 Å². The number of amides is 2. The van der Waals surface area contributed by atoms with Crippen molar-refractivity contribution in [3.8, 4) is 23.0 Å². The molecule has 15 heteroatoms. The van der Waals surface area contributed by atoms with Gasteiger partial charge in [-0.3, -0.25) is 5.43 Å². The van der Waals surface area contributed by atoms with E-state index < -0.39 is 24.3 Å². The number of hydrazone groups is 1. The first-order valence-corrected chi connectivity index (χ1v) is 16.4. The number of carbonyl (C=O) groups is 3. The largest absolute Gasteiger partial charge is 0.493 e. The monoisotopic (exact) mass is 754 g/mol. The number of rotatable bonds is 16. The summed E-state index contributed by atoms with van der Waals surface area (Å²) < 4.78 is 33.7. The highest BCUT2D eigenvalue weighted by atomic mass is 79.9. The zero-order chi connectivity index (χ0) is 36.2. The van der Waals surface area contributed by atoms with Gasteiger partial charge in [0.25, 0.3) is 0 Å². The van der Waals surface area contributed by atoms with Gasteiger partial charge in [0, 0.05) is 5.70 Å². The van der Waals surface area contributed by atoms with Crippen LogP contribution in [0.2, 0.25) is 0 Å². The zero-order valence-corrected chi connectivity index (χ0v) is 29.8. The standard InChI is InChI=1S/C35H39BrN4O10/c1-6-47-27-16-24(31-30(34(43)46-5)20(3)38-35(44)39-31)12-13-26(27)49-19-29(41)40-37-17-22-14-25(36)32(28(15-22)45-4)50-18-21-8-10-23(11-9-21)33(42)48-7-2/h8-17,29,31,40-41H,6-7,18-19H2,1-5H3,(H2,38,39,44)/b37-17+/t29-,31-/m1/s1. The normalized spacial score (nSPS) is 14.7. The highest BCUT2D eigenvalue weighted by Gasteiger charge is 2.32. The maximum absolute atomic E-state index is 12.5. The summed E-state index contributed by atoms with van der Waals surface area (Å²) in [5.74, 6) is 0.650. The summed E-state index contributed by atoms with van der Waals surface area (Å²) in [6.45, 7) is 5.84. The first-order valence-electron chi connectivity index (χ1n) is 15.6. The molecule has 0 radical (unpaired) electrons. The lowest BCUT2D eigenvalue weighted by Crippen LogP contribution is -2.45. The van der Waals surface area contributed by atoms with E-state index >= 15 is 0 Å². The Balaban J connectivity index is 1.36. The Morgan fingerprint density at radius 1 is 0.980 bits per heavy atom. The third kappa shape index (κ3) is 9.66. The van der Waals surface area contributed by atoms with E-state index in [0.29, 0.717) is 63.1 Å². The molecule has 2 amide bonds. The average molecular weight is 756 g/mol. The van der Waals surface area contributed by atoms with Gasteiger partial charge < -0.3 is 44.2 Å². The quantitative estimate of drug-likeness (QED) is 0.0689. The number of ether oxygens (including phenoxy) is 6. The van der Waals surface area contributed by atoms with Crippen LogP contribution in [0.3, 0.4) is 0 Å². The van der Waals surface area contributed by atoms with E-state index in [1.165, 1.54) is 20.4 Å². The summed E-state index contributed by atoms with van der Waals surface area (Å²) in [7, 11) is 2.79. The second-order valence-corrected chi connectivity index (χ2v) is 11.5. The molecule has 0 aliphatic carbocycles. The first-order chi connectivity index (χ1) is 24.1. The van der Waals surface area contributed by atoms with Crippen LogP contribution in [-0.4, -0.2) is 69.6 Å². The van der Waals surface area contributed by atoms with E-state index in [9.17, 15) is 19.5 Å². The Labute approximate surface area is 297 Å². The van der Waals surface area contributed by atoms with Gasteiger partial charge in [0.05, 0.1) is 55.3 Å². The number of halogens is 1. The lowest BCUT2D eigenvalue weighted by Gasteiger charge is -2.28. The summed E-state index contributed by atoms with van der Waals surface area (Å²) in [5.41, 5.74) is 5.78. The number of carbonyl (C=O) groups excluding carboxylic acids is 3. The van der Waals surface area contributed by atoms with Crippen LogP contribution in [0.1, 0.15) is 53.9 Å². The molecule has 1 aliphatic rings. The molecule has 0 fully saturated rings. The Bertz CT molecular complexity index is 1750. The van der Waals surface area contributed by atoms with Crippen LogP contribution in [0.15, 0.2) is 75.4 Å². The summed E-state index contributed by atoms with van der Waals surface area (Å²) in [6, 6.07) is 14.2. The fraction of sp³-hybridized carbons (Fsp3) is 0.314. The molecule has 2 atom stereocenters. The number of hydrogen-bond donors (Lipinski definition) is 4.